The first kappa shape index (κ1) is 18.5. The highest BCUT2D eigenvalue weighted by Crippen LogP contribution is 2.28. The molecule has 0 atom stereocenters. The smallest absolute Gasteiger partial charge is 0.229 e. The third kappa shape index (κ3) is 4.88. The van der Waals surface area contributed by atoms with Gasteiger partial charge in [0.1, 0.15) is 17.3 Å². The van der Waals surface area contributed by atoms with E-state index in [0.717, 1.165) is 34.1 Å². The van der Waals surface area contributed by atoms with E-state index in [1.165, 1.54) is 0 Å². The van der Waals surface area contributed by atoms with Crippen LogP contribution in [-0.2, 0) is 0 Å². The van der Waals surface area contributed by atoms with Gasteiger partial charge in [-0.2, -0.15) is 4.98 Å². The normalized spacial score (nSPS) is 10.4. The van der Waals surface area contributed by atoms with E-state index in [1.807, 2.05) is 69.3 Å². The molecular weight excluding hydrogens is 340 g/mol. The van der Waals surface area contributed by atoms with Crippen molar-refractivity contribution in [3.8, 4) is 11.5 Å². The zero-order valence-corrected chi connectivity index (χ0v) is 16.0. The summed E-state index contributed by atoms with van der Waals surface area (Å²) in [6.07, 6.45) is 0. The lowest BCUT2D eigenvalue weighted by atomic mass is 10.2. The highest BCUT2D eigenvalue weighted by atomic mass is 16.5. The fourth-order valence-electron chi connectivity index (χ4n) is 2.68. The van der Waals surface area contributed by atoms with Crippen molar-refractivity contribution < 1.29 is 9.47 Å². The lowest BCUT2D eigenvalue weighted by molar-refractivity contribution is 0.340. The van der Waals surface area contributed by atoms with Gasteiger partial charge in [-0.15, -0.1) is 0 Å². The van der Waals surface area contributed by atoms with E-state index in [9.17, 15) is 0 Å². The lowest BCUT2D eigenvalue weighted by Gasteiger charge is -2.13. The van der Waals surface area contributed by atoms with Crippen molar-refractivity contribution in [1.82, 2.24) is 9.97 Å². The van der Waals surface area contributed by atoms with Gasteiger partial charge in [0.2, 0.25) is 5.95 Å². The number of methoxy groups -OCH3 is 1. The summed E-state index contributed by atoms with van der Waals surface area (Å²) in [6, 6.07) is 15.6. The largest absolute Gasteiger partial charge is 0.495 e. The molecule has 27 heavy (non-hydrogen) atoms. The number of aromatic nitrogens is 2. The van der Waals surface area contributed by atoms with Gasteiger partial charge in [-0.25, -0.2) is 4.98 Å². The number of hydrogen-bond donors (Lipinski definition) is 2. The van der Waals surface area contributed by atoms with E-state index >= 15 is 0 Å². The highest BCUT2D eigenvalue weighted by Gasteiger charge is 2.08. The molecule has 0 bridgehead atoms. The van der Waals surface area contributed by atoms with E-state index in [-0.39, 0.29) is 0 Å². The number of ether oxygens (including phenoxy) is 2. The number of hydrogen-bond acceptors (Lipinski definition) is 6. The van der Waals surface area contributed by atoms with Gasteiger partial charge in [-0.3, -0.25) is 0 Å². The maximum absolute atomic E-state index is 5.47. The summed E-state index contributed by atoms with van der Waals surface area (Å²) in [4.78, 5) is 9.04. The zero-order valence-electron chi connectivity index (χ0n) is 16.0. The first-order valence-corrected chi connectivity index (χ1v) is 8.84. The molecule has 3 rings (SSSR count). The Morgan fingerprint density at radius 2 is 1.70 bits per heavy atom. The molecule has 6 heteroatoms. The van der Waals surface area contributed by atoms with Gasteiger partial charge >= 0.3 is 0 Å². The molecule has 0 saturated heterocycles. The first-order valence-electron chi connectivity index (χ1n) is 8.84. The summed E-state index contributed by atoms with van der Waals surface area (Å²) in [5, 5.41) is 6.55. The Bertz CT molecular complexity index is 911. The third-order valence-corrected chi connectivity index (χ3v) is 3.89. The lowest BCUT2D eigenvalue weighted by Crippen LogP contribution is -2.03. The fraction of sp³-hybridized carbons (Fsp3) is 0.238. The SMILES string of the molecule is CCOc1ccc(Nc2cc(C)nc(Nc3cc(C)ccc3OC)n2)cc1. The fourth-order valence-corrected chi connectivity index (χ4v) is 2.68. The molecule has 1 heterocycles. The summed E-state index contributed by atoms with van der Waals surface area (Å²) in [6.45, 7) is 6.58. The number of aryl methyl sites for hydroxylation is 2. The summed E-state index contributed by atoms with van der Waals surface area (Å²) in [5.41, 5.74) is 3.73. The minimum Gasteiger partial charge on any atom is -0.495 e. The average molecular weight is 364 g/mol. The highest BCUT2D eigenvalue weighted by molar-refractivity contribution is 5.65. The van der Waals surface area contributed by atoms with Gasteiger partial charge in [0.05, 0.1) is 19.4 Å². The minimum absolute atomic E-state index is 0.507. The molecule has 2 aromatic carbocycles. The maximum Gasteiger partial charge on any atom is 0.229 e. The predicted octanol–water partition coefficient (Wildman–Crippen LogP) is 4.99. The Morgan fingerprint density at radius 1 is 0.926 bits per heavy atom. The van der Waals surface area contributed by atoms with Crippen molar-refractivity contribution in [2.75, 3.05) is 24.4 Å². The van der Waals surface area contributed by atoms with Crippen LogP contribution in [-0.4, -0.2) is 23.7 Å². The van der Waals surface area contributed by atoms with Gasteiger partial charge in [-0.1, -0.05) is 6.07 Å². The molecule has 0 radical (unpaired) electrons. The molecule has 140 valence electrons. The molecule has 1 aromatic heterocycles. The van der Waals surface area contributed by atoms with Crippen molar-refractivity contribution in [3.05, 3.63) is 59.8 Å². The molecule has 0 unspecified atom stereocenters. The molecule has 0 fully saturated rings. The third-order valence-electron chi connectivity index (χ3n) is 3.89. The molecule has 0 amide bonds. The Balaban J connectivity index is 1.81. The van der Waals surface area contributed by atoms with Crippen molar-refractivity contribution in [1.29, 1.82) is 0 Å². The van der Waals surface area contributed by atoms with Crippen molar-refractivity contribution in [2.24, 2.45) is 0 Å². The van der Waals surface area contributed by atoms with Crippen LogP contribution in [0.3, 0.4) is 0 Å². The second kappa shape index (κ2) is 8.40. The second-order valence-corrected chi connectivity index (χ2v) is 6.13. The standard InChI is InChI=1S/C21H24N4O2/c1-5-27-17-9-7-16(8-10-17)23-20-13-15(3)22-21(25-20)24-18-12-14(2)6-11-19(18)26-4/h6-13H,5H2,1-4H3,(H2,22,23,24,25). The number of benzene rings is 2. The van der Waals surface area contributed by atoms with Crippen LogP contribution in [0.1, 0.15) is 18.2 Å². The summed E-state index contributed by atoms with van der Waals surface area (Å²) < 4.78 is 10.9. The van der Waals surface area contributed by atoms with Gasteiger partial charge in [0.25, 0.3) is 0 Å². The number of nitrogens with zero attached hydrogens (tertiary/aromatic N) is 2. The van der Waals surface area contributed by atoms with Crippen LogP contribution in [0.2, 0.25) is 0 Å². The monoisotopic (exact) mass is 364 g/mol. The number of anilines is 4. The molecular formula is C21H24N4O2. The maximum atomic E-state index is 5.47. The Hall–Kier alpha value is -3.28. The zero-order chi connectivity index (χ0) is 19.2. The summed E-state index contributed by atoms with van der Waals surface area (Å²) in [5.74, 6) is 2.80. The molecule has 6 nitrogen and oxygen atoms in total. The molecule has 0 aliphatic heterocycles. The number of nitrogens with one attached hydrogen (secondary N) is 2. The van der Waals surface area contributed by atoms with Crippen LogP contribution in [0.5, 0.6) is 11.5 Å². The summed E-state index contributed by atoms with van der Waals surface area (Å²) in [7, 11) is 1.64. The topological polar surface area (TPSA) is 68.3 Å². The second-order valence-electron chi connectivity index (χ2n) is 6.13. The van der Waals surface area contributed by atoms with Crippen molar-refractivity contribution >= 4 is 23.1 Å². The van der Waals surface area contributed by atoms with E-state index in [2.05, 4.69) is 20.6 Å². The van der Waals surface area contributed by atoms with Gasteiger partial charge in [0.15, 0.2) is 0 Å². The van der Waals surface area contributed by atoms with Crippen LogP contribution < -0.4 is 20.1 Å². The van der Waals surface area contributed by atoms with Crippen molar-refractivity contribution in [2.45, 2.75) is 20.8 Å². The van der Waals surface area contributed by atoms with Crippen LogP contribution >= 0.6 is 0 Å². The van der Waals surface area contributed by atoms with E-state index < -0.39 is 0 Å². The molecule has 2 N–H and O–H groups in total. The van der Waals surface area contributed by atoms with E-state index in [0.29, 0.717) is 18.4 Å². The van der Waals surface area contributed by atoms with Crippen molar-refractivity contribution in [3.63, 3.8) is 0 Å². The Labute approximate surface area is 159 Å². The van der Waals surface area contributed by atoms with Gasteiger partial charge < -0.3 is 20.1 Å². The molecule has 0 spiro atoms. The molecule has 0 aliphatic carbocycles. The van der Waals surface area contributed by atoms with Crippen LogP contribution in [0, 0.1) is 13.8 Å². The average Bonchev–Trinajstić information content (AvgIpc) is 2.63. The molecule has 0 aliphatic rings. The molecule has 3 aromatic rings. The quantitative estimate of drug-likeness (QED) is 0.616. The predicted molar refractivity (Wildman–Crippen MR) is 109 cm³/mol. The number of rotatable bonds is 7. The van der Waals surface area contributed by atoms with Crippen LogP contribution in [0.4, 0.5) is 23.1 Å². The van der Waals surface area contributed by atoms with Gasteiger partial charge in [-0.05, 0) is 62.7 Å². The van der Waals surface area contributed by atoms with E-state index in [1.54, 1.807) is 7.11 Å². The van der Waals surface area contributed by atoms with Gasteiger partial charge in [0, 0.05) is 17.4 Å². The molecule has 0 saturated carbocycles. The Kier molecular flexibility index (Phi) is 5.76. The van der Waals surface area contributed by atoms with Crippen LogP contribution in [0.15, 0.2) is 48.5 Å². The Morgan fingerprint density at radius 3 is 2.41 bits per heavy atom. The first-order chi connectivity index (χ1) is 13.1. The van der Waals surface area contributed by atoms with Crippen LogP contribution in [0.25, 0.3) is 0 Å². The summed E-state index contributed by atoms with van der Waals surface area (Å²) >= 11 is 0. The van der Waals surface area contributed by atoms with E-state index in [4.69, 9.17) is 9.47 Å². The minimum atomic E-state index is 0.507.